The second-order valence-corrected chi connectivity index (χ2v) is 4.96. The highest BCUT2D eigenvalue weighted by atomic mass is 16.4. The highest BCUT2D eigenvalue weighted by molar-refractivity contribution is 5.81. The van der Waals surface area contributed by atoms with Crippen LogP contribution in [0.25, 0.3) is 0 Å². The molecule has 0 bridgehead atoms. The predicted molar refractivity (Wildman–Crippen MR) is 71.8 cm³/mol. The molecule has 1 aromatic rings. The van der Waals surface area contributed by atoms with Gasteiger partial charge < -0.3 is 10.0 Å². The number of hydrogen-bond donors (Lipinski definition) is 1. The molecule has 1 heterocycles. The van der Waals surface area contributed by atoms with Crippen molar-refractivity contribution in [3.63, 3.8) is 0 Å². The SMILES string of the molecule is CCc1ccccc1CC(=O)N1CCC(C(=O)O)C1. The van der Waals surface area contributed by atoms with Crippen molar-refractivity contribution in [2.45, 2.75) is 26.2 Å². The lowest BCUT2D eigenvalue weighted by Crippen LogP contribution is -2.31. The molecular weight excluding hydrogens is 242 g/mol. The number of carboxylic acid groups (broad SMARTS) is 1. The Hall–Kier alpha value is -1.84. The zero-order chi connectivity index (χ0) is 13.8. The van der Waals surface area contributed by atoms with E-state index in [0.717, 1.165) is 12.0 Å². The van der Waals surface area contributed by atoms with Crippen molar-refractivity contribution in [2.24, 2.45) is 5.92 Å². The van der Waals surface area contributed by atoms with Crippen molar-refractivity contribution in [3.8, 4) is 0 Å². The Bertz CT molecular complexity index is 484. The molecule has 0 aliphatic carbocycles. The first-order valence-electron chi connectivity index (χ1n) is 6.69. The zero-order valence-corrected chi connectivity index (χ0v) is 11.1. The lowest BCUT2D eigenvalue weighted by molar-refractivity contribution is -0.141. The van der Waals surface area contributed by atoms with Crippen molar-refractivity contribution < 1.29 is 14.7 Å². The Morgan fingerprint density at radius 3 is 2.58 bits per heavy atom. The molecule has 1 saturated heterocycles. The largest absolute Gasteiger partial charge is 0.481 e. The topological polar surface area (TPSA) is 57.6 Å². The van der Waals surface area contributed by atoms with Crippen LogP contribution >= 0.6 is 0 Å². The zero-order valence-electron chi connectivity index (χ0n) is 11.1. The van der Waals surface area contributed by atoms with E-state index in [2.05, 4.69) is 6.92 Å². The molecule has 4 heteroatoms. The van der Waals surface area contributed by atoms with Crippen LogP contribution in [0.3, 0.4) is 0 Å². The Morgan fingerprint density at radius 1 is 1.32 bits per heavy atom. The van der Waals surface area contributed by atoms with Gasteiger partial charge in [0.25, 0.3) is 0 Å². The molecule has 0 spiro atoms. The van der Waals surface area contributed by atoms with E-state index in [4.69, 9.17) is 5.11 Å². The normalized spacial score (nSPS) is 18.6. The van der Waals surface area contributed by atoms with Gasteiger partial charge in [0.15, 0.2) is 0 Å². The molecule has 1 aliphatic heterocycles. The highest BCUT2D eigenvalue weighted by Crippen LogP contribution is 2.18. The maximum Gasteiger partial charge on any atom is 0.308 e. The van der Waals surface area contributed by atoms with E-state index in [1.807, 2.05) is 24.3 Å². The van der Waals surface area contributed by atoms with E-state index in [0.29, 0.717) is 25.9 Å². The number of aryl methyl sites for hydroxylation is 1. The first kappa shape index (κ1) is 13.6. The first-order chi connectivity index (χ1) is 9.11. The summed E-state index contributed by atoms with van der Waals surface area (Å²) in [5.41, 5.74) is 2.23. The molecule has 4 nitrogen and oxygen atoms in total. The van der Waals surface area contributed by atoms with Crippen LogP contribution < -0.4 is 0 Å². The number of rotatable bonds is 4. The number of benzene rings is 1. The van der Waals surface area contributed by atoms with Gasteiger partial charge in [-0.25, -0.2) is 0 Å². The maximum atomic E-state index is 12.2. The summed E-state index contributed by atoms with van der Waals surface area (Å²) in [5.74, 6) is -1.17. The number of aliphatic carboxylic acids is 1. The van der Waals surface area contributed by atoms with Gasteiger partial charge >= 0.3 is 5.97 Å². The highest BCUT2D eigenvalue weighted by Gasteiger charge is 2.30. The maximum absolute atomic E-state index is 12.2. The van der Waals surface area contributed by atoms with E-state index in [1.54, 1.807) is 4.90 Å². The van der Waals surface area contributed by atoms with E-state index in [-0.39, 0.29) is 5.91 Å². The molecule has 0 saturated carbocycles. The standard InChI is InChI=1S/C15H19NO3/c1-2-11-5-3-4-6-12(11)9-14(17)16-8-7-13(10-16)15(18)19/h3-6,13H,2,7-10H2,1H3,(H,18,19). The Kier molecular flexibility index (Phi) is 4.20. The molecule has 0 aromatic heterocycles. The third-order valence-corrected chi connectivity index (χ3v) is 3.73. The number of carbonyl (C=O) groups excluding carboxylic acids is 1. The Balaban J connectivity index is 2.00. The fourth-order valence-corrected chi connectivity index (χ4v) is 2.54. The number of hydrogen-bond acceptors (Lipinski definition) is 2. The molecule has 19 heavy (non-hydrogen) atoms. The summed E-state index contributed by atoms with van der Waals surface area (Å²) in [6.45, 7) is 2.98. The number of amides is 1. The third-order valence-electron chi connectivity index (χ3n) is 3.73. The van der Waals surface area contributed by atoms with Crippen molar-refractivity contribution in [2.75, 3.05) is 13.1 Å². The number of carboxylic acids is 1. The van der Waals surface area contributed by atoms with Crippen LogP contribution in [0.15, 0.2) is 24.3 Å². The number of likely N-dealkylation sites (tertiary alicyclic amines) is 1. The van der Waals surface area contributed by atoms with Gasteiger partial charge in [-0.1, -0.05) is 31.2 Å². The van der Waals surface area contributed by atoms with Crippen molar-refractivity contribution in [1.82, 2.24) is 4.90 Å². The molecule has 1 unspecified atom stereocenters. The van der Waals surface area contributed by atoms with Gasteiger partial charge in [0.1, 0.15) is 0 Å². The smallest absolute Gasteiger partial charge is 0.308 e. The minimum atomic E-state index is -0.802. The van der Waals surface area contributed by atoms with Crippen molar-refractivity contribution in [3.05, 3.63) is 35.4 Å². The van der Waals surface area contributed by atoms with Crippen molar-refractivity contribution in [1.29, 1.82) is 0 Å². The van der Waals surface area contributed by atoms with Gasteiger partial charge in [0.2, 0.25) is 5.91 Å². The van der Waals surface area contributed by atoms with Gasteiger partial charge in [-0.15, -0.1) is 0 Å². The summed E-state index contributed by atoms with van der Waals surface area (Å²) in [7, 11) is 0. The minimum absolute atomic E-state index is 0.0321. The lowest BCUT2D eigenvalue weighted by Gasteiger charge is -2.17. The van der Waals surface area contributed by atoms with Gasteiger partial charge in [0.05, 0.1) is 12.3 Å². The van der Waals surface area contributed by atoms with Crippen LogP contribution in [-0.2, 0) is 22.4 Å². The van der Waals surface area contributed by atoms with Crippen LogP contribution in [0.4, 0.5) is 0 Å². The molecule has 1 N–H and O–H groups in total. The molecule has 2 rings (SSSR count). The molecule has 1 aromatic carbocycles. The summed E-state index contributed by atoms with van der Waals surface area (Å²) in [6, 6.07) is 7.92. The van der Waals surface area contributed by atoms with Crippen LogP contribution in [0, 0.1) is 5.92 Å². The Labute approximate surface area is 113 Å². The number of nitrogens with zero attached hydrogens (tertiary/aromatic N) is 1. The van der Waals surface area contributed by atoms with Gasteiger partial charge in [-0.3, -0.25) is 9.59 Å². The number of carbonyl (C=O) groups is 2. The van der Waals surface area contributed by atoms with Crippen LogP contribution in [0.5, 0.6) is 0 Å². The predicted octanol–water partition coefficient (Wildman–Crippen LogP) is 1.72. The van der Waals surface area contributed by atoms with Gasteiger partial charge in [-0.2, -0.15) is 0 Å². The molecule has 1 atom stereocenters. The van der Waals surface area contributed by atoms with E-state index in [9.17, 15) is 9.59 Å². The molecule has 1 aliphatic rings. The van der Waals surface area contributed by atoms with Crippen LogP contribution in [0.2, 0.25) is 0 Å². The van der Waals surface area contributed by atoms with E-state index >= 15 is 0 Å². The van der Waals surface area contributed by atoms with E-state index < -0.39 is 11.9 Å². The first-order valence-corrected chi connectivity index (χ1v) is 6.69. The van der Waals surface area contributed by atoms with Gasteiger partial charge in [-0.05, 0) is 24.0 Å². The molecule has 1 amide bonds. The molecule has 1 fully saturated rings. The van der Waals surface area contributed by atoms with Gasteiger partial charge in [0, 0.05) is 13.1 Å². The average molecular weight is 261 g/mol. The summed E-state index contributed by atoms with van der Waals surface area (Å²) in [5, 5.41) is 8.95. The van der Waals surface area contributed by atoms with Crippen LogP contribution in [-0.4, -0.2) is 35.0 Å². The summed E-state index contributed by atoms with van der Waals surface area (Å²) < 4.78 is 0. The van der Waals surface area contributed by atoms with Crippen LogP contribution in [0.1, 0.15) is 24.5 Å². The van der Waals surface area contributed by atoms with E-state index in [1.165, 1.54) is 5.56 Å². The molecule has 102 valence electrons. The summed E-state index contributed by atoms with van der Waals surface area (Å²) in [6.07, 6.45) is 1.84. The average Bonchev–Trinajstić information content (AvgIpc) is 2.89. The summed E-state index contributed by atoms with van der Waals surface area (Å²) >= 11 is 0. The lowest BCUT2D eigenvalue weighted by atomic mass is 10.0. The quantitative estimate of drug-likeness (QED) is 0.898. The monoisotopic (exact) mass is 261 g/mol. The van der Waals surface area contributed by atoms with Crippen molar-refractivity contribution >= 4 is 11.9 Å². The molecule has 0 radical (unpaired) electrons. The second kappa shape index (κ2) is 5.87. The second-order valence-electron chi connectivity index (χ2n) is 4.96. The third kappa shape index (κ3) is 3.13. The molecular formula is C15H19NO3. The fraction of sp³-hybridized carbons (Fsp3) is 0.467. The summed E-state index contributed by atoms with van der Waals surface area (Å²) in [4.78, 5) is 24.7. The Morgan fingerprint density at radius 2 is 2.00 bits per heavy atom. The fourth-order valence-electron chi connectivity index (χ4n) is 2.54. The minimum Gasteiger partial charge on any atom is -0.481 e.